The highest BCUT2D eigenvalue weighted by Crippen LogP contribution is 2.37. The van der Waals surface area contributed by atoms with E-state index >= 15 is 0 Å². The van der Waals surface area contributed by atoms with E-state index < -0.39 is 8.32 Å². The van der Waals surface area contributed by atoms with Crippen LogP contribution in [0.25, 0.3) is 0 Å². The van der Waals surface area contributed by atoms with Gasteiger partial charge in [0.25, 0.3) is 8.32 Å². The molecule has 0 spiro atoms. The zero-order chi connectivity index (χ0) is 32.9. The highest BCUT2D eigenvalue weighted by molar-refractivity contribution is 6.99. The Labute approximate surface area is 268 Å². The van der Waals surface area contributed by atoms with Gasteiger partial charge in [-0.1, -0.05) is 116 Å². The van der Waals surface area contributed by atoms with Gasteiger partial charge in [0.2, 0.25) is 0 Å². The van der Waals surface area contributed by atoms with Crippen molar-refractivity contribution in [3.63, 3.8) is 0 Å². The lowest BCUT2D eigenvalue weighted by Crippen LogP contribution is -2.66. The molecule has 0 heterocycles. The molecule has 0 aliphatic heterocycles. The van der Waals surface area contributed by atoms with Gasteiger partial charge in [0.15, 0.2) is 5.78 Å². The molecule has 0 fully saturated rings. The first-order valence-electron chi connectivity index (χ1n) is 16.5. The van der Waals surface area contributed by atoms with Gasteiger partial charge in [0, 0.05) is 30.9 Å². The number of carbonyl (C=O) groups is 2. The van der Waals surface area contributed by atoms with E-state index in [1.807, 2.05) is 13.8 Å². The summed E-state index contributed by atoms with van der Waals surface area (Å²) in [6, 6.07) is 21.4. The van der Waals surface area contributed by atoms with Gasteiger partial charge in [0.05, 0.1) is 12.9 Å². The third-order valence-corrected chi connectivity index (χ3v) is 14.1. The van der Waals surface area contributed by atoms with E-state index in [-0.39, 0.29) is 34.4 Å². The van der Waals surface area contributed by atoms with Crippen molar-refractivity contribution in [3.05, 3.63) is 72.5 Å². The Morgan fingerprint density at radius 2 is 1.27 bits per heavy atom. The fourth-order valence-electron chi connectivity index (χ4n) is 6.53. The first kappa shape index (κ1) is 37.5. The Bertz CT molecular complexity index is 1130. The van der Waals surface area contributed by atoms with Crippen molar-refractivity contribution in [2.45, 2.75) is 99.0 Å². The highest BCUT2D eigenvalue weighted by atomic mass is 28.4. The van der Waals surface area contributed by atoms with Crippen molar-refractivity contribution < 1.29 is 23.9 Å². The Kier molecular flexibility index (Phi) is 15.1. The largest absolute Gasteiger partial charge is 0.512 e. The monoisotopic (exact) mass is 622 g/mol. The second-order valence-electron chi connectivity index (χ2n) is 14.2. The van der Waals surface area contributed by atoms with Gasteiger partial charge in [-0.3, -0.25) is 9.59 Å². The summed E-state index contributed by atoms with van der Waals surface area (Å²) in [5.74, 6) is 0.766. The average Bonchev–Trinajstić information content (AvgIpc) is 2.98. The molecular weight excluding hydrogens is 564 g/mol. The van der Waals surface area contributed by atoms with E-state index in [1.165, 1.54) is 23.6 Å². The van der Waals surface area contributed by atoms with E-state index in [0.29, 0.717) is 30.8 Å². The van der Waals surface area contributed by atoms with E-state index in [0.717, 1.165) is 32.1 Å². The Balaban J connectivity index is 1.97. The molecule has 0 bridgehead atoms. The van der Waals surface area contributed by atoms with E-state index in [9.17, 15) is 14.7 Å². The number of aliphatic hydroxyl groups excluding tert-OH is 1. The first-order chi connectivity index (χ1) is 20.7. The number of benzene rings is 2. The van der Waals surface area contributed by atoms with Crippen LogP contribution >= 0.6 is 0 Å². The minimum atomic E-state index is -2.58. The fraction of sp³-hybridized carbons (Fsp3) is 0.579. The van der Waals surface area contributed by atoms with Gasteiger partial charge >= 0.3 is 5.97 Å². The SMILES string of the molecule is COC(=O)CC[C@@H](C)C[C@H](C)C[C@H](C)/C(O)=C/C(=O)[C@H](C)C[C@H](C)CCO[Si](c1ccccc1)(c1ccccc1)C(C)(C)C. The fourth-order valence-corrected chi connectivity index (χ4v) is 11.1. The number of esters is 1. The molecule has 0 saturated heterocycles. The molecule has 0 radical (unpaired) electrons. The number of ether oxygens (including phenoxy) is 1. The van der Waals surface area contributed by atoms with Gasteiger partial charge in [-0.2, -0.15) is 0 Å². The Hall–Kier alpha value is -2.70. The van der Waals surface area contributed by atoms with Crippen LogP contribution in [0.4, 0.5) is 0 Å². The van der Waals surface area contributed by atoms with Gasteiger partial charge in [-0.15, -0.1) is 0 Å². The predicted molar refractivity (Wildman–Crippen MR) is 185 cm³/mol. The second kappa shape index (κ2) is 17.7. The molecule has 0 aliphatic carbocycles. The molecule has 0 aliphatic rings. The second-order valence-corrected chi connectivity index (χ2v) is 18.5. The molecule has 6 heteroatoms. The van der Waals surface area contributed by atoms with Crippen LogP contribution < -0.4 is 10.4 Å². The first-order valence-corrected chi connectivity index (χ1v) is 18.4. The summed E-state index contributed by atoms with van der Waals surface area (Å²) in [5, 5.41) is 13.2. The minimum Gasteiger partial charge on any atom is -0.512 e. The Morgan fingerprint density at radius 1 is 0.773 bits per heavy atom. The zero-order valence-corrected chi connectivity index (χ0v) is 29.8. The molecule has 2 aromatic rings. The molecule has 5 atom stereocenters. The van der Waals surface area contributed by atoms with Crippen molar-refractivity contribution in [2.75, 3.05) is 13.7 Å². The summed E-state index contributed by atoms with van der Waals surface area (Å²) in [7, 11) is -1.16. The van der Waals surface area contributed by atoms with Gasteiger partial charge in [0.1, 0.15) is 0 Å². The van der Waals surface area contributed by atoms with Crippen LogP contribution in [0, 0.1) is 29.6 Å². The maximum absolute atomic E-state index is 13.1. The van der Waals surface area contributed by atoms with Crippen molar-refractivity contribution in [1.82, 2.24) is 0 Å². The molecular formula is C38H58O5Si. The zero-order valence-electron chi connectivity index (χ0n) is 28.8. The molecule has 0 aromatic heterocycles. The highest BCUT2D eigenvalue weighted by Gasteiger charge is 2.50. The molecule has 244 valence electrons. The number of hydrogen-bond acceptors (Lipinski definition) is 5. The molecule has 2 aromatic carbocycles. The third-order valence-electron chi connectivity index (χ3n) is 9.01. The minimum absolute atomic E-state index is 0.0202. The number of carbonyl (C=O) groups excluding carboxylic acids is 2. The van der Waals surface area contributed by atoms with Crippen LogP contribution in [-0.4, -0.2) is 38.9 Å². The summed E-state index contributed by atoms with van der Waals surface area (Å²) >= 11 is 0. The lowest BCUT2D eigenvalue weighted by molar-refractivity contribution is -0.141. The summed E-state index contributed by atoms with van der Waals surface area (Å²) in [5.41, 5.74) is 0. The van der Waals surface area contributed by atoms with Crippen molar-refractivity contribution in [1.29, 1.82) is 0 Å². The van der Waals surface area contributed by atoms with Crippen molar-refractivity contribution in [3.8, 4) is 0 Å². The smallest absolute Gasteiger partial charge is 0.305 e. The number of allylic oxidation sites excluding steroid dienone is 2. The quantitative estimate of drug-likeness (QED) is 0.0784. The standard InChI is InChI=1S/C38H58O5Si/c1-28(20-21-37(41)42-9)24-30(3)26-32(5)36(40)27-35(39)31(4)25-29(2)22-23-43-44(38(6,7)8,33-16-12-10-13-17-33)34-18-14-11-15-19-34/h10-19,27-32,40H,20-26H2,1-9H3/b36-27-/t28-,29-,30+,31-,32+/m1/s1. The number of rotatable bonds is 18. The van der Waals surface area contributed by atoms with E-state index in [2.05, 4.69) is 102 Å². The summed E-state index contributed by atoms with van der Waals surface area (Å²) in [6.07, 6.45) is 6.05. The molecule has 0 unspecified atom stereocenters. The molecule has 0 amide bonds. The lowest BCUT2D eigenvalue weighted by Gasteiger charge is -2.43. The van der Waals surface area contributed by atoms with E-state index in [1.54, 1.807) is 0 Å². The van der Waals surface area contributed by atoms with Gasteiger partial charge in [-0.05, 0) is 65.3 Å². The maximum Gasteiger partial charge on any atom is 0.305 e. The van der Waals surface area contributed by atoms with Gasteiger partial charge in [-0.25, -0.2) is 0 Å². The van der Waals surface area contributed by atoms with Crippen LogP contribution in [0.5, 0.6) is 0 Å². The van der Waals surface area contributed by atoms with Crippen LogP contribution in [-0.2, 0) is 18.8 Å². The lowest BCUT2D eigenvalue weighted by atomic mass is 9.86. The predicted octanol–water partition coefficient (Wildman–Crippen LogP) is 8.27. The summed E-state index contributed by atoms with van der Waals surface area (Å²) in [4.78, 5) is 24.5. The van der Waals surface area contributed by atoms with Crippen LogP contribution in [0.15, 0.2) is 72.5 Å². The number of aliphatic hydroxyl groups is 1. The molecule has 1 N–H and O–H groups in total. The van der Waals surface area contributed by atoms with Crippen LogP contribution in [0.3, 0.4) is 0 Å². The number of methoxy groups -OCH3 is 1. The number of hydrogen-bond donors (Lipinski definition) is 1. The average molecular weight is 623 g/mol. The molecule has 5 nitrogen and oxygen atoms in total. The van der Waals surface area contributed by atoms with Crippen LogP contribution in [0.2, 0.25) is 5.04 Å². The third kappa shape index (κ3) is 11.0. The number of ketones is 1. The Morgan fingerprint density at radius 3 is 1.77 bits per heavy atom. The van der Waals surface area contributed by atoms with Crippen LogP contribution in [0.1, 0.15) is 93.9 Å². The van der Waals surface area contributed by atoms with E-state index in [4.69, 9.17) is 9.16 Å². The topological polar surface area (TPSA) is 72.8 Å². The van der Waals surface area contributed by atoms with Gasteiger partial charge < -0.3 is 14.3 Å². The molecule has 0 saturated carbocycles. The van der Waals surface area contributed by atoms with Crippen molar-refractivity contribution in [2.24, 2.45) is 29.6 Å². The normalized spacial score (nSPS) is 16.1. The molecule has 2 rings (SSSR count). The molecule has 44 heavy (non-hydrogen) atoms. The maximum atomic E-state index is 13.1. The van der Waals surface area contributed by atoms with Crippen molar-refractivity contribution >= 4 is 30.4 Å². The summed E-state index contributed by atoms with van der Waals surface area (Å²) < 4.78 is 11.8. The summed E-state index contributed by atoms with van der Waals surface area (Å²) in [6.45, 7) is 17.9.